The van der Waals surface area contributed by atoms with E-state index in [2.05, 4.69) is 10.0 Å². The molecule has 2 rings (SSSR count). The summed E-state index contributed by atoms with van der Waals surface area (Å²) in [6, 6.07) is 6.83. The van der Waals surface area contributed by atoms with Crippen LogP contribution < -0.4 is 10.0 Å². The standard InChI is InChI=1S/C13H20N2O3S/c1-10-9-11(7-8-18-10)15-19(16,17)13-6-4-3-5-12(13)14-2/h3-6,10-11,14-15H,7-9H2,1-2H3. The molecule has 106 valence electrons. The third kappa shape index (κ3) is 3.46. The fourth-order valence-electron chi connectivity index (χ4n) is 2.30. The summed E-state index contributed by atoms with van der Waals surface area (Å²) < 4.78 is 33.0. The van der Waals surface area contributed by atoms with Crippen molar-refractivity contribution < 1.29 is 13.2 Å². The molecule has 5 nitrogen and oxygen atoms in total. The number of benzene rings is 1. The summed E-state index contributed by atoms with van der Waals surface area (Å²) in [5.41, 5.74) is 0.607. The molecule has 0 saturated carbocycles. The lowest BCUT2D eigenvalue weighted by Gasteiger charge is -2.28. The van der Waals surface area contributed by atoms with Crippen LogP contribution in [-0.2, 0) is 14.8 Å². The van der Waals surface area contributed by atoms with E-state index in [-0.39, 0.29) is 17.0 Å². The highest BCUT2D eigenvalue weighted by Gasteiger charge is 2.26. The molecule has 19 heavy (non-hydrogen) atoms. The quantitative estimate of drug-likeness (QED) is 0.881. The van der Waals surface area contributed by atoms with Crippen LogP contribution in [0.15, 0.2) is 29.2 Å². The Morgan fingerprint density at radius 1 is 1.32 bits per heavy atom. The van der Waals surface area contributed by atoms with Gasteiger partial charge in [-0.2, -0.15) is 0 Å². The minimum absolute atomic E-state index is 0.0568. The van der Waals surface area contributed by atoms with Crippen molar-refractivity contribution in [2.75, 3.05) is 19.0 Å². The van der Waals surface area contributed by atoms with Gasteiger partial charge in [0.25, 0.3) is 0 Å². The number of sulfonamides is 1. The van der Waals surface area contributed by atoms with Crippen LogP contribution in [0.5, 0.6) is 0 Å². The average molecular weight is 284 g/mol. The van der Waals surface area contributed by atoms with Gasteiger partial charge in [-0.1, -0.05) is 12.1 Å². The van der Waals surface area contributed by atoms with Gasteiger partial charge in [0.15, 0.2) is 0 Å². The number of nitrogens with one attached hydrogen (secondary N) is 2. The Balaban J connectivity index is 2.18. The minimum Gasteiger partial charge on any atom is -0.387 e. The van der Waals surface area contributed by atoms with E-state index in [4.69, 9.17) is 4.74 Å². The Bertz CT molecular complexity index is 530. The van der Waals surface area contributed by atoms with Crippen LogP contribution in [0.1, 0.15) is 19.8 Å². The Hall–Kier alpha value is -1.11. The van der Waals surface area contributed by atoms with Gasteiger partial charge in [-0.15, -0.1) is 0 Å². The summed E-state index contributed by atoms with van der Waals surface area (Å²) in [6.07, 6.45) is 1.52. The van der Waals surface area contributed by atoms with Gasteiger partial charge >= 0.3 is 0 Å². The Kier molecular flexibility index (Phi) is 4.44. The van der Waals surface area contributed by atoms with Gasteiger partial charge < -0.3 is 10.1 Å². The van der Waals surface area contributed by atoms with Gasteiger partial charge in [0.05, 0.1) is 11.8 Å². The Labute approximate surface area is 114 Å². The zero-order valence-electron chi connectivity index (χ0n) is 11.2. The molecule has 1 aromatic rings. The van der Waals surface area contributed by atoms with E-state index in [9.17, 15) is 8.42 Å². The molecule has 2 atom stereocenters. The molecule has 1 aliphatic heterocycles. The smallest absolute Gasteiger partial charge is 0.242 e. The molecular formula is C13H20N2O3S. The summed E-state index contributed by atoms with van der Waals surface area (Å²) in [6.45, 7) is 2.56. The first kappa shape index (κ1) is 14.3. The highest BCUT2D eigenvalue weighted by atomic mass is 32.2. The highest BCUT2D eigenvalue weighted by Crippen LogP contribution is 2.22. The summed E-state index contributed by atoms with van der Waals surface area (Å²) in [7, 11) is -1.78. The van der Waals surface area contributed by atoms with E-state index in [0.717, 1.165) is 0 Å². The van der Waals surface area contributed by atoms with Gasteiger partial charge in [-0.25, -0.2) is 13.1 Å². The van der Waals surface area contributed by atoms with E-state index in [0.29, 0.717) is 25.1 Å². The van der Waals surface area contributed by atoms with Crippen LogP contribution in [0.4, 0.5) is 5.69 Å². The molecule has 2 unspecified atom stereocenters. The van der Waals surface area contributed by atoms with E-state index in [1.54, 1.807) is 31.3 Å². The fraction of sp³-hybridized carbons (Fsp3) is 0.538. The molecule has 1 aromatic carbocycles. The van der Waals surface area contributed by atoms with Crippen LogP contribution in [0.25, 0.3) is 0 Å². The van der Waals surface area contributed by atoms with Gasteiger partial charge in [-0.05, 0) is 31.9 Å². The molecule has 0 radical (unpaired) electrons. The predicted octanol–water partition coefficient (Wildman–Crippen LogP) is 1.57. The molecule has 0 aromatic heterocycles. The van der Waals surface area contributed by atoms with Crippen LogP contribution in [0.2, 0.25) is 0 Å². The van der Waals surface area contributed by atoms with Crippen LogP contribution in [0, 0.1) is 0 Å². The average Bonchev–Trinajstić information content (AvgIpc) is 2.38. The largest absolute Gasteiger partial charge is 0.387 e. The number of anilines is 1. The fourth-order valence-corrected chi connectivity index (χ4v) is 3.79. The SMILES string of the molecule is CNc1ccccc1S(=O)(=O)NC1CCOC(C)C1. The monoisotopic (exact) mass is 284 g/mol. The predicted molar refractivity (Wildman–Crippen MR) is 74.7 cm³/mol. The number of hydrogen-bond acceptors (Lipinski definition) is 4. The summed E-state index contributed by atoms with van der Waals surface area (Å²) in [4.78, 5) is 0.289. The molecule has 1 fully saturated rings. The van der Waals surface area contributed by atoms with Crippen molar-refractivity contribution in [3.63, 3.8) is 0 Å². The maximum atomic E-state index is 12.4. The third-order valence-electron chi connectivity index (χ3n) is 3.25. The Morgan fingerprint density at radius 3 is 2.74 bits per heavy atom. The van der Waals surface area contributed by atoms with Crippen LogP contribution >= 0.6 is 0 Å². The van der Waals surface area contributed by atoms with E-state index >= 15 is 0 Å². The summed E-state index contributed by atoms with van der Waals surface area (Å²) in [5.74, 6) is 0. The van der Waals surface area contributed by atoms with E-state index in [1.165, 1.54) is 0 Å². The number of ether oxygens (including phenoxy) is 1. The number of rotatable bonds is 4. The first-order valence-corrected chi connectivity index (χ1v) is 7.92. The van der Waals surface area contributed by atoms with Crippen molar-refractivity contribution in [2.45, 2.75) is 36.8 Å². The molecule has 0 aliphatic carbocycles. The lowest BCUT2D eigenvalue weighted by atomic mass is 10.1. The topological polar surface area (TPSA) is 67.4 Å². The van der Waals surface area contributed by atoms with Gasteiger partial charge in [0.1, 0.15) is 4.90 Å². The van der Waals surface area contributed by atoms with E-state index < -0.39 is 10.0 Å². The zero-order valence-corrected chi connectivity index (χ0v) is 12.0. The van der Waals surface area contributed by atoms with Crippen LogP contribution in [0.3, 0.4) is 0 Å². The van der Waals surface area contributed by atoms with Crippen LogP contribution in [-0.4, -0.2) is 34.2 Å². The molecule has 6 heteroatoms. The normalized spacial score (nSPS) is 24.1. The minimum atomic E-state index is -3.49. The van der Waals surface area contributed by atoms with Crippen molar-refractivity contribution in [2.24, 2.45) is 0 Å². The van der Waals surface area contributed by atoms with Crippen molar-refractivity contribution in [3.05, 3.63) is 24.3 Å². The maximum absolute atomic E-state index is 12.4. The molecular weight excluding hydrogens is 264 g/mol. The maximum Gasteiger partial charge on any atom is 0.242 e. The second-order valence-corrected chi connectivity index (χ2v) is 6.45. The lowest BCUT2D eigenvalue weighted by molar-refractivity contribution is 0.0173. The van der Waals surface area contributed by atoms with Gasteiger partial charge in [-0.3, -0.25) is 0 Å². The summed E-state index contributed by atoms with van der Waals surface area (Å²) in [5, 5.41) is 2.90. The van der Waals surface area contributed by atoms with Crippen molar-refractivity contribution in [3.8, 4) is 0 Å². The number of para-hydroxylation sites is 1. The van der Waals surface area contributed by atoms with Crippen molar-refractivity contribution in [1.29, 1.82) is 0 Å². The first-order chi connectivity index (χ1) is 9.03. The summed E-state index contributed by atoms with van der Waals surface area (Å²) >= 11 is 0. The molecule has 1 saturated heterocycles. The molecule has 2 N–H and O–H groups in total. The van der Waals surface area contributed by atoms with Gasteiger partial charge in [0, 0.05) is 19.7 Å². The number of hydrogen-bond donors (Lipinski definition) is 2. The lowest BCUT2D eigenvalue weighted by Crippen LogP contribution is -2.41. The second-order valence-electron chi connectivity index (χ2n) is 4.77. The molecule has 0 spiro atoms. The highest BCUT2D eigenvalue weighted by molar-refractivity contribution is 7.89. The third-order valence-corrected chi connectivity index (χ3v) is 4.83. The molecule has 1 aliphatic rings. The van der Waals surface area contributed by atoms with Crippen molar-refractivity contribution in [1.82, 2.24) is 4.72 Å². The molecule has 0 bridgehead atoms. The van der Waals surface area contributed by atoms with Gasteiger partial charge in [0.2, 0.25) is 10.0 Å². The first-order valence-electron chi connectivity index (χ1n) is 6.43. The molecule has 1 heterocycles. The Morgan fingerprint density at radius 2 is 2.05 bits per heavy atom. The second kappa shape index (κ2) is 5.90. The molecule has 0 amide bonds. The zero-order chi connectivity index (χ0) is 13.9. The van der Waals surface area contributed by atoms with E-state index in [1.807, 2.05) is 6.92 Å². The van der Waals surface area contributed by atoms with Crippen molar-refractivity contribution >= 4 is 15.7 Å².